The molecule has 0 aliphatic heterocycles. The summed E-state index contributed by atoms with van der Waals surface area (Å²) in [6.45, 7) is 20.6. The highest BCUT2D eigenvalue weighted by Crippen LogP contribution is 2.37. The first-order chi connectivity index (χ1) is 64.3. The van der Waals surface area contributed by atoms with Crippen molar-refractivity contribution >= 4 is 64.6 Å². The normalized spacial score (nSPS) is 13.8. The van der Waals surface area contributed by atoms with Crippen molar-refractivity contribution in [3.8, 4) is 67.5 Å². The average Bonchev–Trinajstić information content (AvgIpc) is 0.756. The highest BCUT2D eigenvalue weighted by atomic mass is 14.9. The van der Waals surface area contributed by atoms with E-state index in [4.69, 9.17) is 19.2 Å². The zero-order valence-electron chi connectivity index (χ0n) is 89.5. The minimum atomic E-state index is -2.45. The van der Waals surface area contributed by atoms with Gasteiger partial charge in [0.15, 0.2) is 37.2 Å². The van der Waals surface area contributed by atoms with E-state index in [1.54, 1.807) is 30.3 Å². The van der Waals surface area contributed by atoms with Crippen molar-refractivity contribution in [2.24, 2.45) is 42.3 Å². The van der Waals surface area contributed by atoms with Gasteiger partial charge in [-0.05, 0) is 287 Å². The van der Waals surface area contributed by atoms with Crippen LogP contribution in [0.4, 0.5) is 0 Å². The van der Waals surface area contributed by atoms with E-state index in [0.717, 1.165) is 99.5 Å². The van der Waals surface area contributed by atoms with Gasteiger partial charge in [-0.1, -0.05) is 207 Å². The first-order valence-corrected chi connectivity index (χ1v) is 42.3. The van der Waals surface area contributed by atoms with Gasteiger partial charge in [0.2, 0.25) is 34.2 Å². The van der Waals surface area contributed by atoms with E-state index in [0.29, 0.717) is 27.8 Å². The van der Waals surface area contributed by atoms with Gasteiger partial charge in [-0.2, -0.15) is 0 Å². The molecule has 18 aromatic rings. The second-order valence-corrected chi connectivity index (χ2v) is 33.7. The van der Waals surface area contributed by atoms with E-state index in [9.17, 15) is 0 Å². The largest absolute Gasteiger partial charge is 0.220 e. The second kappa shape index (κ2) is 38.0. The van der Waals surface area contributed by atoms with Crippen LogP contribution in [0.5, 0.6) is 0 Å². The molecule has 6 heteroatoms. The Bertz CT molecular complexity index is 7640. The van der Waals surface area contributed by atoms with Crippen molar-refractivity contribution in [2.45, 2.75) is 143 Å². The number of hydrogen-bond donors (Lipinski definition) is 0. The molecule has 123 heavy (non-hydrogen) atoms. The van der Waals surface area contributed by atoms with Crippen LogP contribution in [-0.2, 0) is 42.3 Å². The van der Waals surface area contributed by atoms with Crippen LogP contribution in [0.3, 0.4) is 0 Å². The van der Waals surface area contributed by atoms with Crippen LogP contribution < -0.4 is 27.4 Å². The van der Waals surface area contributed by atoms with Crippen molar-refractivity contribution in [1.29, 1.82) is 0 Å². The van der Waals surface area contributed by atoms with E-state index < -0.39 is 39.2 Å². The Hall–Kier alpha value is -12.9. The predicted octanol–water partition coefficient (Wildman–Crippen LogP) is 26.9. The van der Waals surface area contributed by atoms with Crippen LogP contribution in [0.25, 0.3) is 132 Å². The van der Waals surface area contributed by atoms with Gasteiger partial charge in [0.25, 0.3) is 0 Å². The number of aryl methyl sites for hydroxylation is 17. The molecule has 6 aromatic heterocycles. The van der Waals surface area contributed by atoms with Gasteiger partial charge < -0.3 is 0 Å². The molecule has 0 spiro atoms. The number of pyridine rings is 6. The summed E-state index contributed by atoms with van der Waals surface area (Å²) in [6, 6.07) is 88.9. The molecule has 0 bridgehead atoms. The molecule has 0 aliphatic rings. The Labute approximate surface area is 752 Å². The van der Waals surface area contributed by atoms with Crippen molar-refractivity contribution in [3.63, 3.8) is 0 Å². The molecule has 12 aromatic carbocycles. The second-order valence-electron chi connectivity index (χ2n) is 33.7. The Balaban J connectivity index is 0.000000140. The smallest absolute Gasteiger partial charge is 0.200 e. The number of fused-ring (bicyclic) bond motifs is 6. The van der Waals surface area contributed by atoms with E-state index >= 15 is 0 Å². The lowest BCUT2D eigenvalue weighted by Gasteiger charge is -2.12. The fourth-order valence-corrected chi connectivity index (χ4v) is 16.9. The molecule has 0 amide bonds. The molecule has 0 aliphatic carbocycles. The molecular formula is C117H126N6+6. The maximum Gasteiger partial charge on any atom is 0.220 e. The Kier molecular flexibility index (Phi) is 21.9. The summed E-state index contributed by atoms with van der Waals surface area (Å²) >= 11 is 0. The van der Waals surface area contributed by atoms with Gasteiger partial charge in [-0.3, -0.25) is 0 Å². The molecule has 0 fully saturated rings. The maximum atomic E-state index is 8.38. The summed E-state index contributed by atoms with van der Waals surface area (Å²) in [5, 5.41) is 13.8. The van der Waals surface area contributed by atoms with E-state index in [1.807, 2.05) is 153 Å². The minimum absolute atomic E-state index is 0.326. The van der Waals surface area contributed by atoms with Gasteiger partial charge in [-0.15, -0.1) is 0 Å². The number of aromatic nitrogens is 6. The fourth-order valence-electron chi connectivity index (χ4n) is 16.9. The molecule has 1 atom stereocenters. The van der Waals surface area contributed by atoms with Crippen LogP contribution >= 0.6 is 0 Å². The third-order valence-electron chi connectivity index (χ3n) is 23.9. The molecule has 6 heterocycles. The quantitative estimate of drug-likeness (QED) is 0.135. The number of nitrogens with zero attached hydrogens (tertiary/aromatic N) is 6. The minimum Gasteiger partial charge on any atom is -0.200 e. The molecule has 0 radical (unpaired) electrons. The Morgan fingerprint density at radius 3 is 0.959 bits per heavy atom. The number of rotatable bonds is 8. The third kappa shape index (κ3) is 19.7. The first-order valence-electron chi connectivity index (χ1n) is 49.3. The summed E-state index contributed by atoms with van der Waals surface area (Å²) in [7, 11) is 12.2. The Morgan fingerprint density at radius 1 is 0.236 bits per heavy atom. The highest BCUT2D eigenvalue weighted by Gasteiger charge is 2.24. The summed E-state index contributed by atoms with van der Waals surface area (Å²) < 4.78 is 123. The molecule has 618 valence electrons. The van der Waals surface area contributed by atoms with Gasteiger partial charge in [0, 0.05) is 88.4 Å². The van der Waals surface area contributed by atoms with Crippen LogP contribution in [-0.4, -0.2) is 0 Å². The third-order valence-corrected chi connectivity index (χ3v) is 23.9. The van der Waals surface area contributed by atoms with Crippen LogP contribution in [0, 0.1) is 104 Å². The van der Waals surface area contributed by atoms with E-state index in [2.05, 4.69) is 282 Å². The lowest BCUT2D eigenvalue weighted by Crippen LogP contribution is -2.30. The molecular weight excluding hydrogens is 1490 g/mol. The van der Waals surface area contributed by atoms with Crippen molar-refractivity contribution in [2.75, 3.05) is 0 Å². The van der Waals surface area contributed by atoms with Gasteiger partial charge >= 0.3 is 0 Å². The van der Waals surface area contributed by atoms with Gasteiger partial charge in [0.1, 0.15) is 42.3 Å². The van der Waals surface area contributed by atoms with Crippen LogP contribution in [0.15, 0.2) is 298 Å². The van der Waals surface area contributed by atoms with Crippen LogP contribution in [0.2, 0.25) is 0 Å². The van der Waals surface area contributed by atoms with Crippen LogP contribution in [0.1, 0.15) is 153 Å². The highest BCUT2D eigenvalue weighted by molar-refractivity contribution is 5.97. The fraction of sp³-hybridized carbons (Fsp3) is 0.231. The monoisotopic (exact) mass is 1630 g/mol. The maximum absolute atomic E-state index is 8.38. The molecule has 6 nitrogen and oxygen atoms in total. The SMILES string of the molecule is Cc1cc(C)c(C)c(-c2cc3ccccc3c[n+]2C)c1.Cc1ccc(-c2cc3ccccc3c[n+]2C)c(C)c1.Cc1ccccc1-c1cc2ccccc2c[n+]1C.[2H]C([2H])([2H])c1cc(C)cc(-c2c3ccc(C([2H])(C)C([2H])([2H])[2H])cc3cc[n+]2C)c1C.[2H]C([2H])([2H])c1cc(C)cc(-c2c3ccc(C([2H])(C)C)cc3cc[n+]2C)c1C.[2H]C([2H])([2H])c1cc(C)cc(-c2c3ccccc3cc[n+]2C)c1C. The predicted molar refractivity (Wildman–Crippen MR) is 523 cm³/mol. The zero-order chi connectivity index (χ0) is 99.8. The lowest BCUT2D eigenvalue weighted by atomic mass is 9.93. The lowest BCUT2D eigenvalue weighted by molar-refractivity contribution is -0.659. The van der Waals surface area contributed by atoms with E-state index in [1.165, 1.54) is 106 Å². The summed E-state index contributed by atoms with van der Waals surface area (Å²) in [5.41, 5.74) is 28.9. The first kappa shape index (κ1) is 70.7. The Morgan fingerprint density at radius 2 is 0.561 bits per heavy atom. The average molecular weight is 1630 g/mol. The summed E-state index contributed by atoms with van der Waals surface area (Å²) in [4.78, 5) is 0. The number of benzene rings is 12. The standard InChI is InChI=1S/2C22H26N.2C19H20N.C18H18N.C17H16N/c2*1-14(2)18-7-8-20-19(13-18)9-10-23(6)22(20)21-12-15(3)11-16(4)17(21)5;1-13-9-14(2)15(3)18(10-13)19-11-16-7-5-6-8-17(16)12-20(19)4;1-13-11-14(2)15(3)18(12-13)19-17-8-6-5-7-16(17)9-10-20(19)4;1-13-8-9-17(14(2)10-13)18-11-15-6-4-5-7-16(15)12-19(18)3;1-13-7-3-6-10-16(13)17-11-14-8-4-5-9-15(14)12-18(17)2/h2*7-14H,1-6H3;2*5-12H,1-4H3;4-12H,1-3H3;3-12H,1-2H3/q6*+1/i1D3,4D3,14D;4D3,14D;;2D3;;. The summed E-state index contributed by atoms with van der Waals surface area (Å²) in [6.07, 6.45) is 12.5. The molecule has 0 saturated heterocycles. The molecule has 1 unspecified atom stereocenters. The summed E-state index contributed by atoms with van der Waals surface area (Å²) in [5.74, 6) is -2.40. The van der Waals surface area contributed by atoms with Gasteiger partial charge in [-0.25, -0.2) is 27.4 Å². The van der Waals surface area contributed by atoms with Crippen molar-refractivity contribution in [1.82, 2.24) is 0 Å². The number of hydrogen-bond acceptors (Lipinski definition) is 0. The molecule has 18 rings (SSSR count). The van der Waals surface area contributed by atoms with Crippen molar-refractivity contribution < 1.29 is 46.6 Å². The zero-order valence-corrected chi connectivity index (χ0v) is 75.5. The topological polar surface area (TPSA) is 23.3 Å². The van der Waals surface area contributed by atoms with Gasteiger partial charge in [0.05, 0.1) is 32.8 Å². The molecule has 0 saturated carbocycles. The van der Waals surface area contributed by atoms with Crippen molar-refractivity contribution in [3.05, 3.63) is 393 Å². The molecule has 0 N–H and O–H groups in total. The van der Waals surface area contributed by atoms with E-state index in [-0.39, 0.29) is 0 Å².